The Balaban J connectivity index is 3.39. The Bertz CT molecular complexity index is 425. The number of ether oxygens (including phenoxy) is 1. The van der Waals surface area contributed by atoms with Crippen molar-refractivity contribution in [2.45, 2.75) is 6.18 Å². The van der Waals surface area contributed by atoms with E-state index in [2.05, 4.69) is 4.74 Å². The van der Waals surface area contributed by atoms with E-state index in [-0.39, 0.29) is 12.1 Å². The lowest BCUT2D eigenvalue weighted by Gasteiger charge is -2.10. The van der Waals surface area contributed by atoms with Gasteiger partial charge < -0.3 is 9.84 Å². The summed E-state index contributed by atoms with van der Waals surface area (Å²) in [4.78, 5) is 10.9. The number of phenolic OH excluding ortho intramolecular Hbond substituents is 1. The van der Waals surface area contributed by atoms with Gasteiger partial charge in [0.05, 0.1) is 18.2 Å². The first kappa shape index (κ1) is 12.3. The summed E-state index contributed by atoms with van der Waals surface area (Å²) in [6.07, 6.45) is -4.78. The lowest BCUT2D eigenvalue weighted by atomic mass is 10.1. The summed E-state index contributed by atoms with van der Waals surface area (Å²) in [5, 5.41) is 8.91. The summed E-state index contributed by atoms with van der Waals surface area (Å²) >= 11 is 0. The molecule has 1 aromatic rings. The number of hydrogen-bond acceptors (Lipinski definition) is 3. The topological polar surface area (TPSA) is 46.5 Å². The highest BCUT2D eigenvalue weighted by Crippen LogP contribution is 2.34. The van der Waals surface area contributed by atoms with Crippen LogP contribution in [-0.2, 0) is 10.9 Å². The summed E-state index contributed by atoms with van der Waals surface area (Å²) in [6, 6.07) is 0.475. The van der Waals surface area contributed by atoms with Crippen molar-refractivity contribution in [1.29, 1.82) is 0 Å². The SMILES string of the molecule is COC(=O)c1cc(C(F)(F)F)cc(O)c1F. The highest BCUT2D eigenvalue weighted by molar-refractivity contribution is 5.90. The first-order valence-corrected chi connectivity index (χ1v) is 3.95. The number of rotatable bonds is 1. The van der Waals surface area contributed by atoms with Gasteiger partial charge >= 0.3 is 12.1 Å². The minimum Gasteiger partial charge on any atom is -0.505 e. The summed E-state index contributed by atoms with van der Waals surface area (Å²) in [6.45, 7) is 0. The van der Waals surface area contributed by atoms with Crippen LogP contribution in [0.25, 0.3) is 0 Å². The quantitative estimate of drug-likeness (QED) is 0.603. The molecule has 0 radical (unpaired) electrons. The summed E-state index contributed by atoms with van der Waals surface area (Å²) in [7, 11) is 0.888. The van der Waals surface area contributed by atoms with Gasteiger partial charge in [-0.05, 0) is 12.1 Å². The molecule has 0 saturated carbocycles. The number of esters is 1. The van der Waals surface area contributed by atoms with Gasteiger partial charge in [0, 0.05) is 0 Å². The van der Waals surface area contributed by atoms with Crippen molar-refractivity contribution in [3.63, 3.8) is 0 Å². The highest BCUT2D eigenvalue weighted by atomic mass is 19.4. The van der Waals surface area contributed by atoms with Crippen molar-refractivity contribution in [2.24, 2.45) is 0 Å². The van der Waals surface area contributed by atoms with E-state index in [1.54, 1.807) is 0 Å². The molecule has 0 aromatic heterocycles. The molecule has 3 nitrogen and oxygen atoms in total. The molecule has 0 heterocycles. The highest BCUT2D eigenvalue weighted by Gasteiger charge is 2.33. The Morgan fingerprint density at radius 2 is 1.94 bits per heavy atom. The van der Waals surface area contributed by atoms with Gasteiger partial charge in [-0.25, -0.2) is 9.18 Å². The van der Waals surface area contributed by atoms with E-state index >= 15 is 0 Å². The molecule has 7 heteroatoms. The zero-order valence-corrected chi connectivity index (χ0v) is 7.93. The van der Waals surface area contributed by atoms with E-state index in [0.29, 0.717) is 0 Å². The Morgan fingerprint density at radius 1 is 1.38 bits per heavy atom. The summed E-state index contributed by atoms with van der Waals surface area (Å²) in [5.41, 5.74) is -2.29. The van der Waals surface area contributed by atoms with Crippen LogP contribution in [0.5, 0.6) is 5.75 Å². The third-order valence-electron chi connectivity index (χ3n) is 1.79. The molecule has 1 aromatic carbocycles. The molecule has 88 valence electrons. The van der Waals surface area contributed by atoms with Crippen LogP contribution < -0.4 is 0 Å². The van der Waals surface area contributed by atoms with Gasteiger partial charge in [0.1, 0.15) is 0 Å². The fourth-order valence-electron chi connectivity index (χ4n) is 1.03. The van der Waals surface area contributed by atoms with Crippen LogP contribution in [0.15, 0.2) is 12.1 Å². The average Bonchev–Trinajstić information content (AvgIpc) is 2.19. The maximum atomic E-state index is 13.1. The standard InChI is InChI=1S/C9H6F4O3/c1-16-8(15)5-2-4(9(11,12)13)3-6(14)7(5)10/h2-3,14H,1H3. The molecule has 0 fully saturated rings. The van der Waals surface area contributed by atoms with Crippen molar-refractivity contribution in [3.05, 3.63) is 29.1 Å². The molecule has 1 N–H and O–H groups in total. The van der Waals surface area contributed by atoms with Gasteiger partial charge in [0.15, 0.2) is 11.6 Å². The number of carbonyl (C=O) groups excluding carboxylic acids is 1. The molecule has 0 aliphatic carbocycles. The number of halogens is 4. The van der Waals surface area contributed by atoms with Crippen LogP contribution >= 0.6 is 0 Å². The van der Waals surface area contributed by atoms with Crippen molar-refractivity contribution in [2.75, 3.05) is 7.11 Å². The normalized spacial score (nSPS) is 11.3. The molecule has 0 saturated heterocycles. The summed E-state index contributed by atoms with van der Waals surface area (Å²) in [5.74, 6) is -3.99. The lowest BCUT2D eigenvalue weighted by Crippen LogP contribution is -2.10. The Hall–Kier alpha value is -1.79. The van der Waals surface area contributed by atoms with E-state index < -0.39 is 34.8 Å². The zero-order chi connectivity index (χ0) is 12.5. The van der Waals surface area contributed by atoms with Crippen LogP contribution in [0.2, 0.25) is 0 Å². The molecule has 0 aliphatic rings. The second-order valence-corrected chi connectivity index (χ2v) is 2.85. The Labute approximate surface area is 87.3 Å². The molecule has 0 atom stereocenters. The maximum absolute atomic E-state index is 13.1. The van der Waals surface area contributed by atoms with Crippen molar-refractivity contribution < 1.29 is 32.2 Å². The molecule has 0 aliphatic heterocycles. The predicted molar refractivity (Wildman–Crippen MR) is 44.4 cm³/mol. The molecule has 0 unspecified atom stereocenters. The molecule has 0 spiro atoms. The number of benzene rings is 1. The lowest BCUT2D eigenvalue weighted by molar-refractivity contribution is -0.137. The fraction of sp³-hybridized carbons (Fsp3) is 0.222. The largest absolute Gasteiger partial charge is 0.505 e. The summed E-state index contributed by atoms with van der Waals surface area (Å²) < 4.78 is 54.0. The third-order valence-corrected chi connectivity index (χ3v) is 1.79. The van der Waals surface area contributed by atoms with Crippen LogP contribution in [0.1, 0.15) is 15.9 Å². The average molecular weight is 238 g/mol. The Kier molecular flexibility index (Phi) is 3.06. The van der Waals surface area contributed by atoms with E-state index in [1.807, 2.05) is 0 Å². The van der Waals surface area contributed by atoms with E-state index in [1.165, 1.54) is 0 Å². The third kappa shape index (κ3) is 2.23. The van der Waals surface area contributed by atoms with E-state index in [9.17, 15) is 22.4 Å². The van der Waals surface area contributed by atoms with Gasteiger partial charge in [0.25, 0.3) is 0 Å². The van der Waals surface area contributed by atoms with Crippen molar-refractivity contribution in [3.8, 4) is 5.75 Å². The number of carbonyl (C=O) groups is 1. The molecule has 0 bridgehead atoms. The van der Waals surface area contributed by atoms with Crippen LogP contribution in [-0.4, -0.2) is 18.2 Å². The van der Waals surface area contributed by atoms with Gasteiger partial charge in [-0.3, -0.25) is 0 Å². The number of methoxy groups -OCH3 is 1. The number of hydrogen-bond donors (Lipinski definition) is 1. The van der Waals surface area contributed by atoms with Gasteiger partial charge in [-0.1, -0.05) is 0 Å². The second-order valence-electron chi connectivity index (χ2n) is 2.85. The molecule has 0 amide bonds. The minimum absolute atomic E-state index is 0.196. The van der Waals surface area contributed by atoms with Crippen LogP contribution in [0.4, 0.5) is 17.6 Å². The number of aromatic hydroxyl groups is 1. The Morgan fingerprint density at radius 3 is 2.38 bits per heavy atom. The fourth-order valence-corrected chi connectivity index (χ4v) is 1.03. The predicted octanol–water partition coefficient (Wildman–Crippen LogP) is 2.34. The molecule has 1 rings (SSSR count). The smallest absolute Gasteiger partial charge is 0.416 e. The first-order valence-electron chi connectivity index (χ1n) is 3.95. The van der Waals surface area contributed by atoms with Crippen molar-refractivity contribution in [1.82, 2.24) is 0 Å². The zero-order valence-electron chi connectivity index (χ0n) is 7.93. The van der Waals surface area contributed by atoms with Crippen LogP contribution in [0, 0.1) is 5.82 Å². The number of alkyl halides is 3. The van der Waals surface area contributed by atoms with Gasteiger partial charge in [-0.15, -0.1) is 0 Å². The first-order chi connectivity index (χ1) is 7.27. The van der Waals surface area contributed by atoms with Crippen LogP contribution in [0.3, 0.4) is 0 Å². The van der Waals surface area contributed by atoms with E-state index in [4.69, 9.17) is 5.11 Å². The molecular weight excluding hydrogens is 232 g/mol. The molecular formula is C9H6F4O3. The van der Waals surface area contributed by atoms with Gasteiger partial charge in [-0.2, -0.15) is 13.2 Å². The second kappa shape index (κ2) is 3.99. The number of phenols is 1. The minimum atomic E-state index is -4.78. The molecule has 16 heavy (non-hydrogen) atoms. The van der Waals surface area contributed by atoms with E-state index in [0.717, 1.165) is 7.11 Å². The van der Waals surface area contributed by atoms with Crippen molar-refractivity contribution >= 4 is 5.97 Å². The maximum Gasteiger partial charge on any atom is 0.416 e. The monoisotopic (exact) mass is 238 g/mol. The van der Waals surface area contributed by atoms with Gasteiger partial charge in [0.2, 0.25) is 0 Å².